The van der Waals surface area contributed by atoms with Gasteiger partial charge < -0.3 is 21.1 Å². The maximum absolute atomic E-state index is 12.6. The minimum Gasteiger partial charge on any atom is -0.496 e. The van der Waals surface area contributed by atoms with E-state index in [-0.39, 0.29) is 23.9 Å². The van der Waals surface area contributed by atoms with Crippen LogP contribution in [0, 0.1) is 0 Å². The number of nitrogens with two attached hydrogens (primary N) is 1. The van der Waals surface area contributed by atoms with Gasteiger partial charge in [-0.05, 0) is 24.1 Å². The smallest absolute Gasteiger partial charge is 0.255 e. The number of carbonyl (C=O) groups excluding carboxylic acids is 2. The molecule has 1 aliphatic rings. The Balaban J connectivity index is 1.37. The van der Waals surface area contributed by atoms with E-state index in [4.69, 9.17) is 15.6 Å². The van der Waals surface area contributed by atoms with Gasteiger partial charge in [0, 0.05) is 25.1 Å². The summed E-state index contributed by atoms with van der Waals surface area (Å²) in [6.07, 6.45) is 6.09. The van der Waals surface area contributed by atoms with Crippen LogP contribution in [0.15, 0.2) is 67.0 Å². The molecule has 37 heavy (non-hydrogen) atoms. The number of hydrogen-bond acceptors (Lipinski definition) is 7. The van der Waals surface area contributed by atoms with Crippen LogP contribution in [-0.4, -0.2) is 44.7 Å². The molecule has 2 aromatic carbocycles. The molecule has 1 aliphatic carbocycles. The third-order valence-corrected chi connectivity index (χ3v) is 6.31. The Morgan fingerprint density at radius 2 is 1.89 bits per heavy atom. The zero-order valence-corrected chi connectivity index (χ0v) is 20.5. The van der Waals surface area contributed by atoms with Gasteiger partial charge in [-0.1, -0.05) is 48.6 Å². The first-order chi connectivity index (χ1) is 17.9. The molecule has 0 saturated heterocycles. The number of nitrogens with one attached hydrogen (secondary N) is 2. The summed E-state index contributed by atoms with van der Waals surface area (Å²) in [7, 11) is 1.54. The zero-order chi connectivity index (χ0) is 25.9. The summed E-state index contributed by atoms with van der Waals surface area (Å²) in [6.45, 7) is 1.86. The number of fused-ring (bicyclic) bond motifs is 1. The molecule has 5 rings (SSSR count). The number of ether oxygens (including phenoxy) is 1. The fourth-order valence-electron chi connectivity index (χ4n) is 4.55. The monoisotopic (exact) mass is 497 g/mol. The molecule has 4 aromatic rings. The summed E-state index contributed by atoms with van der Waals surface area (Å²) in [5.74, 6) is 0.586. The number of carbonyl (C=O) groups is 2. The molecule has 10 heteroatoms. The topological polar surface area (TPSA) is 137 Å². The number of anilines is 1. The maximum Gasteiger partial charge on any atom is 0.255 e. The lowest BCUT2D eigenvalue weighted by Crippen LogP contribution is -2.30. The second-order valence-electron chi connectivity index (χ2n) is 8.83. The predicted molar refractivity (Wildman–Crippen MR) is 140 cm³/mol. The number of hydrogen-bond donors (Lipinski definition) is 3. The summed E-state index contributed by atoms with van der Waals surface area (Å²) >= 11 is 0. The van der Waals surface area contributed by atoms with Crippen molar-refractivity contribution in [3.05, 3.63) is 78.1 Å². The molecular formula is C27H27N7O3. The van der Waals surface area contributed by atoms with Gasteiger partial charge in [0.15, 0.2) is 5.65 Å². The van der Waals surface area contributed by atoms with Gasteiger partial charge >= 0.3 is 0 Å². The summed E-state index contributed by atoms with van der Waals surface area (Å²) < 4.78 is 7.11. The summed E-state index contributed by atoms with van der Waals surface area (Å²) in [5.41, 5.74) is 9.82. The van der Waals surface area contributed by atoms with Crippen LogP contribution in [0.4, 0.5) is 5.82 Å². The van der Waals surface area contributed by atoms with Gasteiger partial charge in [0.05, 0.1) is 24.1 Å². The quantitative estimate of drug-likeness (QED) is 0.334. The first-order valence-electron chi connectivity index (χ1n) is 11.9. The molecule has 188 valence electrons. The Hall–Kier alpha value is -4.73. The number of para-hydroxylation sites is 1. The normalized spacial score (nSPS) is 16.6. The van der Waals surface area contributed by atoms with Gasteiger partial charge in [-0.3, -0.25) is 9.59 Å². The molecule has 0 aliphatic heterocycles. The molecule has 0 saturated carbocycles. The second-order valence-corrected chi connectivity index (χ2v) is 8.83. The molecule has 2 amide bonds. The summed E-state index contributed by atoms with van der Waals surface area (Å²) in [5, 5.41) is 11.4. The molecule has 10 nitrogen and oxygen atoms in total. The van der Waals surface area contributed by atoms with Crippen molar-refractivity contribution in [2.45, 2.75) is 32.0 Å². The number of benzene rings is 2. The van der Waals surface area contributed by atoms with Gasteiger partial charge in [-0.15, -0.1) is 0 Å². The largest absolute Gasteiger partial charge is 0.496 e. The van der Waals surface area contributed by atoms with Crippen molar-refractivity contribution in [1.82, 2.24) is 30.4 Å². The molecule has 2 heterocycles. The van der Waals surface area contributed by atoms with Crippen molar-refractivity contribution in [1.29, 1.82) is 0 Å². The number of nitrogens with zero attached hydrogens (tertiary/aromatic N) is 4. The fourth-order valence-corrected chi connectivity index (χ4v) is 4.55. The van der Waals surface area contributed by atoms with Crippen LogP contribution in [0.2, 0.25) is 0 Å². The minimum atomic E-state index is -0.210. The van der Waals surface area contributed by atoms with E-state index in [9.17, 15) is 9.59 Å². The van der Waals surface area contributed by atoms with Crippen LogP contribution >= 0.6 is 0 Å². The highest BCUT2D eigenvalue weighted by Gasteiger charge is 2.26. The van der Waals surface area contributed by atoms with Crippen LogP contribution in [0.3, 0.4) is 0 Å². The first kappa shape index (κ1) is 24.0. The molecule has 2 aromatic heterocycles. The van der Waals surface area contributed by atoms with Crippen LogP contribution in [0.5, 0.6) is 5.75 Å². The van der Waals surface area contributed by atoms with Crippen molar-refractivity contribution in [2.24, 2.45) is 0 Å². The van der Waals surface area contributed by atoms with Crippen molar-refractivity contribution >= 4 is 28.7 Å². The molecule has 0 radical (unpaired) electrons. The predicted octanol–water partition coefficient (Wildman–Crippen LogP) is 3.02. The third-order valence-electron chi connectivity index (χ3n) is 6.31. The average molecular weight is 498 g/mol. The lowest BCUT2D eigenvalue weighted by molar-refractivity contribution is -0.119. The highest BCUT2D eigenvalue weighted by molar-refractivity contribution is 5.98. The number of amides is 2. The lowest BCUT2D eigenvalue weighted by atomic mass is 10.1. The standard InChI is InChI=1S/C27H27N7O3/c1-16(35)32-19-11-12-20(13-19)34-26-23(25(28)30-15-31-26)24(33-34)18-9-7-17(8-10-18)14-29-27(36)21-5-3-4-6-22(21)37-2/h3-12,15,19-20H,13-14H2,1-2H3,(H,29,36)(H,32,35)(H2,28,30,31)/t19-,20-/m0/s1. The molecule has 0 bridgehead atoms. The van der Waals surface area contributed by atoms with E-state index in [1.807, 2.05) is 47.2 Å². The van der Waals surface area contributed by atoms with Gasteiger partial charge in [-0.25, -0.2) is 14.6 Å². The van der Waals surface area contributed by atoms with E-state index >= 15 is 0 Å². The lowest BCUT2D eigenvalue weighted by Gasteiger charge is -2.13. The Labute approximate surface area is 213 Å². The SMILES string of the molecule is COc1ccccc1C(=O)NCc1ccc(-c2nn([C@H]3C=C[C@H](NC(C)=O)C3)c3ncnc(N)c23)cc1. The number of methoxy groups -OCH3 is 1. The molecule has 0 spiro atoms. The van der Waals surface area contributed by atoms with Gasteiger partial charge in [0.25, 0.3) is 5.91 Å². The van der Waals surface area contributed by atoms with E-state index in [1.54, 1.807) is 18.2 Å². The summed E-state index contributed by atoms with van der Waals surface area (Å²) in [4.78, 5) is 32.7. The first-order valence-corrected chi connectivity index (χ1v) is 11.9. The van der Waals surface area contributed by atoms with Crippen LogP contribution in [-0.2, 0) is 11.3 Å². The fraction of sp³-hybridized carbons (Fsp3) is 0.222. The Morgan fingerprint density at radius 3 is 2.65 bits per heavy atom. The molecule has 0 unspecified atom stereocenters. The minimum absolute atomic E-state index is 0.0604. The van der Waals surface area contributed by atoms with Crippen molar-refractivity contribution in [2.75, 3.05) is 12.8 Å². The maximum atomic E-state index is 12.6. The van der Waals surface area contributed by atoms with Crippen molar-refractivity contribution in [3.8, 4) is 17.0 Å². The van der Waals surface area contributed by atoms with E-state index in [0.717, 1.165) is 11.1 Å². The Kier molecular flexibility index (Phi) is 6.55. The molecule has 4 N–H and O–H groups in total. The average Bonchev–Trinajstić information content (AvgIpc) is 3.52. The summed E-state index contributed by atoms with van der Waals surface area (Å²) in [6, 6.07) is 14.7. The third kappa shape index (κ3) is 4.86. The number of nitrogen functional groups attached to an aromatic ring is 1. The molecule has 0 fully saturated rings. The Morgan fingerprint density at radius 1 is 1.11 bits per heavy atom. The Bertz CT molecular complexity index is 1490. The number of aromatic nitrogens is 4. The van der Waals surface area contributed by atoms with Gasteiger partial charge in [0.1, 0.15) is 23.6 Å². The zero-order valence-electron chi connectivity index (χ0n) is 20.5. The van der Waals surface area contributed by atoms with E-state index in [1.165, 1.54) is 20.4 Å². The van der Waals surface area contributed by atoms with Crippen LogP contribution in [0.1, 0.15) is 35.3 Å². The highest BCUT2D eigenvalue weighted by atomic mass is 16.5. The van der Waals surface area contributed by atoms with Gasteiger partial charge in [0.2, 0.25) is 5.91 Å². The van der Waals surface area contributed by atoms with Gasteiger partial charge in [-0.2, -0.15) is 5.10 Å². The number of allylic oxidation sites excluding steroid dienone is 1. The second kappa shape index (κ2) is 10.1. The van der Waals surface area contributed by atoms with E-state index < -0.39 is 0 Å². The number of rotatable bonds is 7. The highest BCUT2D eigenvalue weighted by Crippen LogP contribution is 2.34. The van der Waals surface area contributed by atoms with E-state index in [0.29, 0.717) is 46.8 Å². The van der Waals surface area contributed by atoms with Crippen molar-refractivity contribution in [3.63, 3.8) is 0 Å². The van der Waals surface area contributed by atoms with Crippen molar-refractivity contribution < 1.29 is 14.3 Å². The van der Waals surface area contributed by atoms with Crippen LogP contribution in [0.25, 0.3) is 22.3 Å². The van der Waals surface area contributed by atoms with E-state index in [2.05, 4.69) is 20.6 Å². The molecular weight excluding hydrogens is 470 g/mol. The molecule has 2 atom stereocenters. The van der Waals surface area contributed by atoms with Crippen LogP contribution < -0.4 is 21.1 Å².